The van der Waals surface area contributed by atoms with Crippen molar-refractivity contribution in [3.8, 4) is 5.75 Å². The Labute approximate surface area is 116 Å². The summed E-state index contributed by atoms with van der Waals surface area (Å²) in [6, 6.07) is 5.93. The van der Waals surface area contributed by atoms with E-state index in [4.69, 9.17) is 10.8 Å². The number of benzene rings is 1. The summed E-state index contributed by atoms with van der Waals surface area (Å²) in [5, 5.41) is 17.8. The van der Waals surface area contributed by atoms with E-state index < -0.39 is 12.0 Å². The van der Waals surface area contributed by atoms with Crippen LogP contribution in [-0.2, 0) is 16.0 Å². The number of nitrogens with zero attached hydrogens (tertiary/aromatic N) is 1. The van der Waals surface area contributed by atoms with Gasteiger partial charge >= 0.3 is 5.97 Å². The van der Waals surface area contributed by atoms with E-state index in [2.05, 4.69) is 0 Å². The summed E-state index contributed by atoms with van der Waals surface area (Å²) in [4.78, 5) is 24.2. The molecule has 108 valence electrons. The molecule has 0 aromatic heterocycles. The van der Waals surface area contributed by atoms with Crippen LogP contribution in [0.1, 0.15) is 12.0 Å². The van der Waals surface area contributed by atoms with E-state index >= 15 is 0 Å². The maximum Gasteiger partial charge on any atom is 0.303 e. The lowest BCUT2D eigenvalue weighted by atomic mass is 9.94. The molecule has 1 aliphatic rings. The maximum absolute atomic E-state index is 12.0. The number of carboxylic acids is 1. The van der Waals surface area contributed by atoms with Gasteiger partial charge in [0.1, 0.15) is 5.75 Å². The van der Waals surface area contributed by atoms with Crippen LogP contribution >= 0.6 is 0 Å². The van der Waals surface area contributed by atoms with Gasteiger partial charge in [0.25, 0.3) is 0 Å². The van der Waals surface area contributed by atoms with Gasteiger partial charge in [-0.2, -0.15) is 0 Å². The van der Waals surface area contributed by atoms with E-state index in [0.717, 1.165) is 5.56 Å². The number of carboxylic acid groups (broad SMARTS) is 1. The van der Waals surface area contributed by atoms with E-state index in [1.807, 2.05) is 0 Å². The van der Waals surface area contributed by atoms with E-state index in [9.17, 15) is 14.7 Å². The van der Waals surface area contributed by atoms with Crippen molar-refractivity contribution in [3.63, 3.8) is 0 Å². The highest BCUT2D eigenvalue weighted by molar-refractivity contribution is 5.83. The molecular weight excluding hydrogens is 260 g/mol. The fraction of sp³-hybridized carbons (Fsp3) is 0.429. The molecule has 0 unspecified atom stereocenters. The molecule has 6 nitrogen and oxygen atoms in total. The Morgan fingerprint density at radius 3 is 2.45 bits per heavy atom. The third-order valence-electron chi connectivity index (χ3n) is 3.44. The Balaban J connectivity index is 1.81. The predicted octanol–water partition coefficient (Wildman–Crippen LogP) is 0.195. The number of amides is 1. The highest BCUT2D eigenvalue weighted by Crippen LogP contribution is 2.20. The van der Waals surface area contributed by atoms with Gasteiger partial charge < -0.3 is 20.8 Å². The average molecular weight is 278 g/mol. The summed E-state index contributed by atoms with van der Waals surface area (Å²) in [5.74, 6) is -0.777. The Bertz CT molecular complexity index is 494. The molecule has 1 saturated heterocycles. The Morgan fingerprint density at radius 1 is 1.30 bits per heavy atom. The van der Waals surface area contributed by atoms with Gasteiger partial charge in [0.2, 0.25) is 5.91 Å². The molecule has 0 aliphatic carbocycles. The first-order valence-corrected chi connectivity index (χ1v) is 6.49. The number of phenols is 1. The quantitative estimate of drug-likeness (QED) is 0.713. The molecule has 2 rings (SSSR count). The highest BCUT2D eigenvalue weighted by Gasteiger charge is 2.34. The number of rotatable bonds is 5. The lowest BCUT2D eigenvalue weighted by Crippen LogP contribution is -2.56. The van der Waals surface area contributed by atoms with Crippen molar-refractivity contribution in [3.05, 3.63) is 29.8 Å². The van der Waals surface area contributed by atoms with Crippen molar-refractivity contribution in [2.45, 2.75) is 18.9 Å². The number of aromatic hydroxyl groups is 1. The minimum Gasteiger partial charge on any atom is -0.508 e. The fourth-order valence-electron chi connectivity index (χ4n) is 2.33. The summed E-state index contributed by atoms with van der Waals surface area (Å²) in [7, 11) is 0. The van der Waals surface area contributed by atoms with Crippen LogP contribution in [0.4, 0.5) is 0 Å². The Morgan fingerprint density at radius 2 is 1.90 bits per heavy atom. The van der Waals surface area contributed by atoms with Crippen LogP contribution in [0.3, 0.4) is 0 Å². The van der Waals surface area contributed by atoms with Crippen molar-refractivity contribution in [1.82, 2.24) is 4.90 Å². The molecule has 0 saturated carbocycles. The molecule has 1 heterocycles. The van der Waals surface area contributed by atoms with E-state index in [-0.39, 0.29) is 24.0 Å². The van der Waals surface area contributed by atoms with Gasteiger partial charge in [-0.05, 0) is 24.1 Å². The Kier molecular flexibility index (Phi) is 4.24. The normalized spacial score (nSPS) is 16.6. The minimum absolute atomic E-state index is 0.0392. The smallest absolute Gasteiger partial charge is 0.303 e. The lowest BCUT2D eigenvalue weighted by molar-refractivity contribution is -0.145. The zero-order valence-electron chi connectivity index (χ0n) is 11.0. The number of phenolic OH excluding ortho intramolecular Hbond substituents is 1. The average Bonchev–Trinajstić information content (AvgIpc) is 2.35. The summed E-state index contributed by atoms with van der Waals surface area (Å²) in [5.41, 5.74) is 6.76. The second-order valence-corrected chi connectivity index (χ2v) is 5.18. The monoisotopic (exact) mass is 278 g/mol. The van der Waals surface area contributed by atoms with Gasteiger partial charge in [-0.3, -0.25) is 9.59 Å². The van der Waals surface area contributed by atoms with Gasteiger partial charge in [-0.15, -0.1) is 0 Å². The molecular formula is C14H18N2O4. The zero-order valence-corrected chi connectivity index (χ0v) is 11.0. The number of hydrogen-bond acceptors (Lipinski definition) is 4. The SMILES string of the molecule is N[C@@H](Cc1ccc(O)cc1)C(=O)N1CC(CC(=O)O)C1. The van der Waals surface area contributed by atoms with Crippen LogP contribution < -0.4 is 5.73 Å². The number of nitrogens with two attached hydrogens (primary N) is 1. The first kappa shape index (κ1) is 14.3. The largest absolute Gasteiger partial charge is 0.508 e. The van der Waals surface area contributed by atoms with Crippen LogP contribution in [0.5, 0.6) is 5.75 Å². The van der Waals surface area contributed by atoms with E-state index in [1.165, 1.54) is 0 Å². The van der Waals surface area contributed by atoms with Gasteiger partial charge in [-0.1, -0.05) is 12.1 Å². The van der Waals surface area contributed by atoms with Crippen LogP contribution in [0.2, 0.25) is 0 Å². The van der Waals surface area contributed by atoms with E-state index in [0.29, 0.717) is 19.5 Å². The number of carbonyl (C=O) groups excluding carboxylic acids is 1. The van der Waals surface area contributed by atoms with Gasteiger partial charge in [0.05, 0.1) is 12.5 Å². The molecule has 20 heavy (non-hydrogen) atoms. The number of aliphatic carboxylic acids is 1. The van der Waals surface area contributed by atoms with Crippen LogP contribution in [0, 0.1) is 5.92 Å². The molecule has 1 fully saturated rings. The van der Waals surface area contributed by atoms with Crippen LogP contribution in [0.25, 0.3) is 0 Å². The van der Waals surface area contributed by atoms with Crippen molar-refractivity contribution in [1.29, 1.82) is 0 Å². The summed E-state index contributed by atoms with van der Waals surface area (Å²) < 4.78 is 0. The second-order valence-electron chi connectivity index (χ2n) is 5.18. The topological polar surface area (TPSA) is 104 Å². The minimum atomic E-state index is -0.838. The molecule has 0 spiro atoms. The summed E-state index contributed by atoms with van der Waals surface area (Å²) in [6.07, 6.45) is 0.496. The first-order valence-electron chi connectivity index (χ1n) is 6.49. The Hall–Kier alpha value is -2.08. The van der Waals surface area contributed by atoms with Crippen molar-refractivity contribution in [2.24, 2.45) is 11.7 Å². The predicted molar refractivity (Wildman–Crippen MR) is 72.1 cm³/mol. The van der Waals surface area contributed by atoms with Gasteiger partial charge in [-0.25, -0.2) is 0 Å². The van der Waals surface area contributed by atoms with Crippen molar-refractivity contribution in [2.75, 3.05) is 13.1 Å². The van der Waals surface area contributed by atoms with Gasteiger partial charge in [0.15, 0.2) is 0 Å². The molecule has 1 aromatic rings. The van der Waals surface area contributed by atoms with E-state index in [1.54, 1.807) is 29.2 Å². The van der Waals surface area contributed by atoms with Crippen LogP contribution in [0.15, 0.2) is 24.3 Å². The molecule has 4 N–H and O–H groups in total. The third kappa shape index (κ3) is 3.48. The summed E-state index contributed by atoms with van der Waals surface area (Å²) >= 11 is 0. The molecule has 0 bridgehead atoms. The standard InChI is InChI=1S/C14H18N2O4/c15-12(5-9-1-3-11(17)4-2-9)14(20)16-7-10(8-16)6-13(18)19/h1-4,10,12,17H,5-8,15H2,(H,18,19)/t12-/m0/s1. The molecule has 1 aromatic carbocycles. The third-order valence-corrected chi connectivity index (χ3v) is 3.44. The molecule has 1 aliphatic heterocycles. The molecule has 1 amide bonds. The highest BCUT2D eigenvalue weighted by atomic mass is 16.4. The van der Waals surface area contributed by atoms with Crippen molar-refractivity contribution < 1.29 is 19.8 Å². The first-order chi connectivity index (χ1) is 9.45. The van der Waals surface area contributed by atoms with Gasteiger partial charge in [0, 0.05) is 19.0 Å². The van der Waals surface area contributed by atoms with Crippen molar-refractivity contribution >= 4 is 11.9 Å². The molecule has 0 radical (unpaired) electrons. The second kappa shape index (κ2) is 5.92. The maximum atomic E-state index is 12.0. The number of hydrogen-bond donors (Lipinski definition) is 3. The lowest BCUT2D eigenvalue weighted by Gasteiger charge is -2.39. The fourth-order valence-corrected chi connectivity index (χ4v) is 2.33. The summed E-state index contributed by atoms with van der Waals surface area (Å²) in [6.45, 7) is 0.933. The molecule has 1 atom stereocenters. The molecule has 6 heteroatoms. The zero-order chi connectivity index (χ0) is 14.7. The number of carbonyl (C=O) groups is 2. The van der Waals surface area contributed by atoms with Crippen LogP contribution in [-0.4, -0.2) is 46.1 Å². The number of likely N-dealkylation sites (tertiary alicyclic amines) is 1.